The first-order valence-electron chi connectivity index (χ1n) is 12.0. The van der Waals surface area contributed by atoms with Crippen LogP contribution >= 0.6 is 23.1 Å². The molecule has 0 spiro atoms. The summed E-state index contributed by atoms with van der Waals surface area (Å²) >= 11 is 2.74. The fourth-order valence-electron chi connectivity index (χ4n) is 4.69. The largest absolute Gasteiger partial charge is 0.507 e. The number of anilines is 1. The van der Waals surface area contributed by atoms with Crippen molar-refractivity contribution < 1.29 is 19.4 Å². The number of pyridine rings is 1. The van der Waals surface area contributed by atoms with Gasteiger partial charge in [0.05, 0.1) is 11.6 Å². The molecule has 8 nitrogen and oxygen atoms in total. The Labute approximate surface area is 227 Å². The van der Waals surface area contributed by atoms with Gasteiger partial charge in [-0.15, -0.1) is 10.2 Å². The summed E-state index contributed by atoms with van der Waals surface area (Å²) in [5, 5.41) is 20.2. The van der Waals surface area contributed by atoms with Crippen LogP contribution in [0.1, 0.15) is 35.2 Å². The summed E-state index contributed by atoms with van der Waals surface area (Å²) < 4.78 is 6.44. The van der Waals surface area contributed by atoms with Crippen LogP contribution in [0, 0.1) is 0 Å². The summed E-state index contributed by atoms with van der Waals surface area (Å²) in [7, 11) is 0. The van der Waals surface area contributed by atoms with E-state index in [0.717, 1.165) is 16.9 Å². The zero-order chi connectivity index (χ0) is 26.2. The van der Waals surface area contributed by atoms with Crippen molar-refractivity contribution in [1.29, 1.82) is 0 Å². The van der Waals surface area contributed by atoms with Crippen molar-refractivity contribution in [2.24, 2.45) is 0 Å². The van der Waals surface area contributed by atoms with Crippen LogP contribution in [0.25, 0.3) is 5.76 Å². The van der Waals surface area contributed by atoms with E-state index in [1.807, 2.05) is 43.3 Å². The van der Waals surface area contributed by atoms with Crippen molar-refractivity contribution in [3.8, 4) is 5.75 Å². The monoisotopic (exact) mass is 542 g/mol. The van der Waals surface area contributed by atoms with Gasteiger partial charge in [0.25, 0.3) is 5.78 Å². The Bertz CT molecular complexity index is 1560. The fourth-order valence-corrected chi connectivity index (χ4v) is 6.51. The number of aliphatic hydroxyl groups excluding tert-OH is 1. The summed E-state index contributed by atoms with van der Waals surface area (Å²) in [6.07, 6.45) is 3.93. The molecule has 2 unspecified atom stereocenters. The highest BCUT2D eigenvalue weighted by atomic mass is 32.2. The Morgan fingerprint density at radius 3 is 2.76 bits per heavy atom. The maximum Gasteiger partial charge on any atom is 0.301 e. The number of nitrogens with zero attached hydrogens (tertiary/aromatic N) is 4. The molecule has 2 aromatic heterocycles. The lowest BCUT2D eigenvalue weighted by molar-refractivity contribution is -0.132. The summed E-state index contributed by atoms with van der Waals surface area (Å²) in [5.41, 5.74) is 3.10. The van der Waals surface area contributed by atoms with E-state index in [1.54, 1.807) is 36.7 Å². The highest BCUT2D eigenvalue weighted by Crippen LogP contribution is 2.44. The number of fused-ring (bicyclic) bond motifs is 1. The molecule has 6 rings (SSSR count). The lowest BCUT2D eigenvalue weighted by Crippen LogP contribution is -2.29. The maximum atomic E-state index is 13.4. The van der Waals surface area contributed by atoms with Crippen LogP contribution in [-0.2, 0) is 21.8 Å². The second-order valence-electron chi connectivity index (χ2n) is 9.04. The second kappa shape index (κ2) is 10.0. The molecule has 2 aliphatic rings. The normalized spacial score (nSPS) is 20.0. The summed E-state index contributed by atoms with van der Waals surface area (Å²) in [4.78, 5) is 32.3. The molecule has 1 N–H and O–H groups in total. The number of amides is 1. The molecule has 1 saturated heterocycles. The van der Waals surface area contributed by atoms with Gasteiger partial charge in [-0.05, 0) is 47.9 Å². The summed E-state index contributed by atoms with van der Waals surface area (Å²) in [6.45, 7) is 1.97. The predicted molar refractivity (Wildman–Crippen MR) is 145 cm³/mol. The van der Waals surface area contributed by atoms with E-state index in [0.29, 0.717) is 27.6 Å². The number of ketones is 1. The zero-order valence-corrected chi connectivity index (χ0v) is 21.9. The maximum absolute atomic E-state index is 13.4. The zero-order valence-electron chi connectivity index (χ0n) is 20.3. The van der Waals surface area contributed by atoms with E-state index >= 15 is 0 Å². The number of Topliss-reactive ketones (excluding diaryl/α,β-unsaturated/α-hetero) is 1. The molecule has 2 aliphatic heterocycles. The van der Waals surface area contributed by atoms with Crippen LogP contribution in [0.2, 0.25) is 0 Å². The molecule has 10 heteroatoms. The minimum atomic E-state index is -0.896. The molecule has 1 amide bonds. The summed E-state index contributed by atoms with van der Waals surface area (Å²) in [5.74, 6) is -0.344. The van der Waals surface area contributed by atoms with Crippen LogP contribution in [-0.4, -0.2) is 38.1 Å². The number of rotatable bonds is 6. The number of hydrogen-bond acceptors (Lipinski definition) is 9. The number of aromatic nitrogens is 3. The SMILES string of the molecule is CC1Cc2cc(/C(O)=C3\C(=O)C(=O)N(c4nnc(SCc5ccccc5)s4)C3c3cccnc3)ccc2O1. The van der Waals surface area contributed by atoms with Crippen molar-refractivity contribution in [3.05, 3.63) is 101 Å². The number of aliphatic hydroxyl groups is 1. The predicted octanol–water partition coefficient (Wildman–Crippen LogP) is 5.18. The fraction of sp³-hybridized carbons (Fsp3) is 0.179. The van der Waals surface area contributed by atoms with Crippen molar-refractivity contribution in [2.75, 3.05) is 4.90 Å². The van der Waals surface area contributed by atoms with Gasteiger partial charge in [-0.3, -0.25) is 19.5 Å². The van der Waals surface area contributed by atoms with Gasteiger partial charge in [0.15, 0.2) is 4.34 Å². The Hall–Kier alpha value is -4.02. The Morgan fingerprint density at radius 1 is 1.13 bits per heavy atom. The lowest BCUT2D eigenvalue weighted by Gasteiger charge is -2.22. The minimum Gasteiger partial charge on any atom is -0.507 e. The van der Waals surface area contributed by atoms with Crippen LogP contribution in [0.4, 0.5) is 5.13 Å². The first-order valence-corrected chi connectivity index (χ1v) is 13.8. The van der Waals surface area contributed by atoms with Gasteiger partial charge in [0.2, 0.25) is 5.13 Å². The first-order chi connectivity index (χ1) is 18.5. The lowest BCUT2D eigenvalue weighted by atomic mass is 9.95. The molecule has 2 atom stereocenters. The van der Waals surface area contributed by atoms with Crippen molar-refractivity contribution in [1.82, 2.24) is 15.2 Å². The van der Waals surface area contributed by atoms with E-state index in [4.69, 9.17) is 4.74 Å². The molecular weight excluding hydrogens is 520 g/mol. The smallest absolute Gasteiger partial charge is 0.301 e. The number of thioether (sulfide) groups is 1. The van der Waals surface area contributed by atoms with E-state index in [9.17, 15) is 14.7 Å². The molecule has 1 fully saturated rings. The van der Waals surface area contributed by atoms with Crippen LogP contribution in [0.3, 0.4) is 0 Å². The van der Waals surface area contributed by atoms with E-state index < -0.39 is 17.7 Å². The third-order valence-corrected chi connectivity index (χ3v) is 8.55. The molecule has 190 valence electrons. The summed E-state index contributed by atoms with van der Waals surface area (Å²) in [6, 6.07) is 17.9. The van der Waals surface area contributed by atoms with E-state index in [-0.39, 0.29) is 22.6 Å². The van der Waals surface area contributed by atoms with Gasteiger partial charge < -0.3 is 9.84 Å². The van der Waals surface area contributed by atoms with Crippen LogP contribution in [0.15, 0.2) is 83.0 Å². The van der Waals surface area contributed by atoms with E-state index in [2.05, 4.69) is 15.2 Å². The van der Waals surface area contributed by atoms with Gasteiger partial charge >= 0.3 is 5.91 Å². The standard InChI is InChI=1S/C28H22N4O4S2/c1-16-12-20-13-18(9-10-21(20)36-16)24(33)22-23(19-8-5-11-29-14-19)32(26(35)25(22)34)27-30-31-28(38-27)37-15-17-6-3-2-4-7-17/h2-11,13-14,16,23,33H,12,15H2,1H3/b24-22+. The highest BCUT2D eigenvalue weighted by molar-refractivity contribution is 8.00. The quantitative estimate of drug-likeness (QED) is 0.117. The second-order valence-corrected chi connectivity index (χ2v) is 11.2. The molecule has 4 heterocycles. The van der Waals surface area contributed by atoms with Crippen molar-refractivity contribution >= 4 is 45.7 Å². The van der Waals surface area contributed by atoms with Crippen molar-refractivity contribution in [3.63, 3.8) is 0 Å². The number of ether oxygens (including phenoxy) is 1. The topological polar surface area (TPSA) is 106 Å². The first kappa shape index (κ1) is 24.3. The van der Waals surface area contributed by atoms with Gasteiger partial charge in [-0.1, -0.05) is 59.5 Å². The highest BCUT2D eigenvalue weighted by Gasteiger charge is 2.48. The Balaban J connectivity index is 1.38. The number of benzene rings is 2. The number of carbonyl (C=O) groups is 2. The minimum absolute atomic E-state index is 0.0106. The van der Waals surface area contributed by atoms with Crippen molar-refractivity contribution in [2.45, 2.75) is 35.6 Å². The number of carbonyl (C=O) groups excluding carboxylic acids is 2. The molecular formula is C28H22N4O4S2. The molecule has 0 bridgehead atoms. The molecule has 0 aliphatic carbocycles. The molecule has 0 radical (unpaired) electrons. The Morgan fingerprint density at radius 2 is 1.97 bits per heavy atom. The average Bonchev–Trinajstić information content (AvgIpc) is 3.63. The molecule has 38 heavy (non-hydrogen) atoms. The Kier molecular flexibility index (Phi) is 6.42. The average molecular weight is 543 g/mol. The van der Waals surface area contributed by atoms with Gasteiger partial charge in [-0.2, -0.15) is 0 Å². The van der Waals surface area contributed by atoms with Gasteiger partial charge in [0, 0.05) is 30.1 Å². The number of hydrogen-bond donors (Lipinski definition) is 1. The van der Waals surface area contributed by atoms with Crippen LogP contribution in [0.5, 0.6) is 5.75 Å². The molecule has 0 saturated carbocycles. The van der Waals surface area contributed by atoms with Crippen LogP contribution < -0.4 is 9.64 Å². The van der Waals surface area contributed by atoms with E-state index in [1.165, 1.54) is 28.0 Å². The third-order valence-electron chi connectivity index (χ3n) is 6.42. The molecule has 4 aromatic rings. The molecule has 2 aromatic carbocycles. The third kappa shape index (κ3) is 4.46. The van der Waals surface area contributed by atoms with Gasteiger partial charge in [0.1, 0.15) is 17.6 Å². The van der Waals surface area contributed by atoms with Gasteiger partial charge in [-0.25, -0.2) is 0 Å².